The van der Waals surface area contributed by atoms with Crippen molar-refractivity contribution in [1.82, 2.24) is 4.98 Å². The van der Waals surface area contributed by atoms with Crippen molar-refractivity contribution in [2.75, 3.05) is 0 Å². The Labute approximate surface area is 142 Å². The van der Waals surface area contributed by atoms with Gasteiger partial charge in [-0.2, -0.15) is 0 Å². The number of aromatic amines is 1. The van der Waals surface area contributed by atoms with Crippen molar-refractivity contribution in [2.24, 2.45) is 4.99 Å². The lowest BCUT2D eigenvalue weighted by molar-refractivity contribution is 0.107. The van der Waals surface area contributed by atoms with Gasteiger partial charge in [0.15, 0.2) is 5.88 Å². The van der Waals surface area contributed by atoms with Gasteiger partial charge in [-0.3, -0.25) is 4.79 Å². The summed E-state index contributed by atoms with van der Waals surface area (Å²) in [6, 6.07) is 10.9. The molecule has 2 N–H and O–H groups in total. The number of aromatic nitrogens is 1. The Kier molecular flexibility index (Phi) is 2.99. The maximum atomic E-state index is 12.6. The smallest absolute Gasteiger partial charge is 0.214 e. The predicted octanol–water partition coefficient (Wildman–Crippen LogP) is 4.72. The van der Waals surface area contributed by atoms with E-state index in [1.165, 1.54) is 0 Å². The quantitative estimate of drug-likeness (QED) is 0.599. The summed E-state index contributed by atoms with van der Waals surface area (Å²) in [6.07, 6.45) is 0. The standard InChI is InChI=1S/C16H8Br2N2O2/c17-7-5-9-12(16(22)20-13(9)10(18)6-7)14-15(21)8-3-1-2-4-11(8)19-14/h1-6,20,22H. The monoisotopic (exact) mass is 418 g/mol. The highest BCUT2D eigenvalue weighted by molar-refractivity contribution is 9.11. The third kappa shape index (κ3) is 1.87. The lowest BCUT2D eigenvalue weighted by atomic mass is 10.0. The molecule has 6 heteroatoms. The molecule has 0 spiro atoms. The first-order chi connectivity index (χ1) is 10.6. The van der Waals surface area contributed by atoms with E-state index in [2.05, 4.69) is 41.8 Å². The number of Topliss-reactive ketones (excluding diaryl/α,β-unsaturated/α-hetero) is 1. The molecule has 1 aliphatic heterocycles. The molecule has 0 unspecified atom stereocenters. The number of aromatic hydroxyl groups is 1. The minimum Gasteiger partial charge on any atom is -0.494 e. The van der Waals surface area contributed by atoms with Crippen molar-refractivity contribution in [3.05, 3.63) is 56.5 Å². The second-order valence-corrected chi connectivity index (χ2v) is 6.74. The van der Waals surface area contributed by atoms with Gasteiger partial charge in [0.25, 0.3) is 0 Å². The van der Waals surface area contributed by atoms with E-state index in [1.54, 1.807) is 18.2 Å². The Balaban J connectivity index is 2.01. The highest BCUT2D eigenvalue weighted by atomic mass is 79.9. The van der Waals surface area contributed by atoms with E-state index in [0.29, 0.717) is 16.8 Å². The van der Waals surface area contributed by atoms with E-state index in [9.17, 15) is 9.90 Å². The van der Waals surface area contributed by atoms with E-state index in [4.69, 9.17) is 0 Å². The van der Waals surface area contributed by atoms with Gasteiger partial charge in [0, 0.05) is 19.9 Å². The lowest BCUT2D eigenvalue weighted by Crippen LogP contribution is -2.10. The molecule has 108 valence electrons. The Morgan fingerprint density at radius 2 is 1.91 bits per heavy atom. The van der Waals surface area contributed by atoms with Crippen molar-refractivity contribution < 1.29 is 9.90 Å². The van der Waals surface area contributed by atoms with Crippen molar-refractivity contribution in [3.8, 4) is 5.88 Å². The molecule has 2 aromatic carbocycles. The van der Waals surface area contributed by atoms with Gasteiger partial charge in [-0.15, -0.1) is 0 Å². The minimum absolute atomic E-state index is 0.0614. The fourth-order valence-electron chi connectivity index (χ4n) is 2.68. The highest BCUT2D eigenvalue weighted by Gasteiger charge is 2.30. The van der Waals surface area contributed by atoms with Crippen molar-refractivity contribution in [3.63, 3.8) is 0 Å². The van der Waals surface area contributed by atoms with Gasteiger partial charge in [0.2, 0.25) is 5.78 Å². The van der Waals surface area contributed by atoms with Crippen LogP contribution < -0.4 is 0 Å². The first-order valence-corrected chi connectivity index (χ1v) is 8.07. The van der Waals surface area contributed by atoms with Crippen molar-refractivity contribution in [2.45, 2.75) is 0 Å². The third-order valence-electron chi connectivity index (χ3n) is 3.64. The van der Waals surface area contributed by atoms with Crippen LogP contribution in [-0.2, 0) is 0 Å². The summed E-state index contributed by atoms with van der Waals surface area (Å²) in [5, 5.41) is 11.0. The highest BCUT2D eigenvalue weighted by Crippen LogP contribution is 2.38. The number of hydrogen-bond acceptors (Lipinski definition) is 3. The number of hydrogen-bond donors (Lipinski definition) is 2. The van der Waals surface area contributed by atoms with Crippen LogP contribution in [0, 0.1) is 0 Å². The van der Waals surface area contributed by atoms with E-state index in [1.807, 2.05) is 18.2 Å². The number of nitrogens with one attached hydrogen (secondary N) is 1. The van der Waals surface area contributed by atoms with Crippen LogP contribution in [-0.4, -0.2) is 21.6 Å². The molecule has 1 aromatic heterocycles. The van der Waals surface area contributed by atoms with Crippen molar-refractivity contribution in [1.29, 1.82) is 0 Å². The zero-order chi connectivity index (χ0) is 15.4. The number of benzene rings is 2. The molecule has 0 saturated carbocycles. The fourth-order valence-corrected chi connectivity index (χ4v) is 4.00. The average molecular weight is 420 g/mol. The molecule has 0 radical (unpaired) electrons. The molecule has 22 heavy (non-hydrogen) atoms. The summed E-state index contributed by atoms with van der Waals surface area (Å²) < 4.78 is 1.64. The van der Waals surface area contributed by atoms with Gasteiger partial charge in [-0.25, -0.2) is 4.99 Å². The number of H-pyrrole nitrogens is 1. The zero-order valence-corrected chi connectivity index (χ0v) is 14.2. The molecule has 4 nitrogen and oxygen atoms in total. The van der Waals surface area contributed by atoms with E-state index >= 15 is 0 Å². The Hall–Kier alpha value is -1.92. The normalized spacial score (nSPS) is 13.5. The van der Waals surface area contributed by atoms with Crippen LogP contribution in [0.1, 0.15) is 15.9 Å². The van der Waals surface area contributed by atoms with Crippen LogP contribution in [0.3, 0.4) is 0 Å². The summed E-state index contributed by atoms with van der Waals surface area (Å²) in [6.45, 7) is 0. The summed E-state index contributed by atoms with van der Waals surface area (Å²) in [4.78, 5) is 19.9. The summed E-state index contributed by atoms with van der Waals surface area (Å²) in [5.74, 6) is -0.239. The van der Waals surface area contributed by atoms with Crippen LogP contribution >= 0.6 is 31.9 Å². The van der Waals surface area contributed by atoms with Gasteiger partial charge in [0.05, 0.1) is 16.8 Å². The van der Waals surface area contributed by atoms with Crippen LogP contribution in [0.15, 0.2) is 50.3 Å². The maximum Gasteiger partial charge on any atom is 0.214 e. The molecule has 0 bridgehead atoms. The SMILES string of the molecule is O=C1C(c2c(O)[nH]c3c(Br)cc(Br)cc23)=Nc2ccccc21. The fraction of sp³-hybridized carbons (Fsp3) is 0. The molecule has 3 aromatic rings. The van der Waals surface area contributed by atoms with Crippen LogP contribution in [0.2, 0.25) is 0 Å². The van der Waals surface area contributed by atoms with Gasteiger partial charge < -0.3 is 10.1 Å². The summed E-state index contributed by atoms with van der Waals surface area (Å²) >= 11 is 6.88. The predicted molar refractivity (Wildman–Crippen MR) is 92.3 cm³/mol. The molecule has 0 fully saturated rings. The van der Waals surface area contributed by atoms with Gasteiger partial charge in [0.1, 0.15) is 5.71 Å². The molecule has 1 aliphatic rings. The molecule has 0 amide bonds. The van der Waals surface area contributed by atoms with Gasteiger partial charge in [-0.1, -0.05) is 28.1 Å². The van der Waals surface area contributed by atoms with Gasteiger partial charge >= 0.3 is 0 Å². The van der Waals surface area contributed by atoms with Crippen LogP contribution in [0.4, 0.5) is 5.69 Å². The molecular weight excluding hydrogens is 412 g/mol. The Morgan fingerprint density at radius 1 is 1.14 bits per heavy atom. The van der Waals surface area contributed by atoms with E-state index < -0.39 is 0 Å². The summed E-state index contributed by atoms with van der Waals surface area (Å²) in [5.41, 5.74) is 2.60. The molecule has 0 saturated heterocycles. The first-order valence-electron chi connectivity index (χ1n) is 6.48. The lowest BCUT2D eigenvalue weighted by Gasteiger charge is -2.00. The number of halogens is 2. The van der Waals surface area contributed by atoms with Crippen molar-refractivity contribution >= 4 is 59.9 Å². The van der Waals surface area contributed by atoms with E-state index in [0.717, 1.165) is 19.8 Å². The molecule has 4 rings (SSSR count). The largest absolute Gasteiger partial charge is 0.494 e. The third-order valence-corrected chi connectivity index (χ3v) is 4.72. The minimum atomic E-state index is -0.178. The zero-order valence-electron chi connectivity index (χ0n) is 11.0. The number of rotatable bonds is 1. The summed E-state index contributed by atoms with van der Waals surface area (Å²) in [7, 11) is 0. The van der Waals surface area contributed by atoms with Crippen LogP contribution in [0.25, 0.3) is 10.9 Å². The second-order valence-electron chi connectivity index (χ2n) is 4.97. The molecule has 0 aliphatic carbocycles. The number of ketones is 1. The Morgan fingerprint density at radius 3 is 2.68 bits per heavy atom. The molecular formula is C16H8Br2N2O2. The topological polar surface area (TPSA) is 65.4 Å². The number of carbonyl (C=O) groups excluding carboxylic acids is 1. The Bertz CT molecular complexity index is 989. The number of para-hydroxylation sites is 1. The van der Waals surface area contributed by atoms with Gasteiger partial charge in [-0.05, 0) is 40.2 Å². The van der Waals surface area contributed by atoms with E-state index in [-0.39, 0.29) is 17.4 Å². The number of aliphatic imine (C=N–C) groups is 1. The average Bonchev–Trinajstić information content (AvgIpc) is 2.97. The number of carbonyl (C=O) groups is 1. The maximum absolute atomic E-state index is 12.6. The molecule has 2 heterocycles. The second kappa shape index (κ2) is 4.79. The first kappa shape index (κ1) is 13.7. The number of fused-ring (bicyclic) bond motifs is 2. The van der Waals surface area contributed by atoms with Crippen LogP contribution in [0.5, 0.6) is 5.88 Å². The number of nitrogens with zero attached hydrogens (tertiary/aromatic N) is 1. The molecule has 0 atom stereocenters.